The Hall–Kier alpha value is -3.96. The topological polar surface area (TPSA) is 170 Å². The molecule has 1 saturated heterocycles. The van der Waals surface area contributed by atoms with Crippen LogP contribution in [0.15, 0.2) is 49.1 Å². The molecular weight excluding hydrogens is 502 g/mol. The standard InChI is InChI=1S/C28H37N5O6/c1-4-11-27(24(34)32-37,12-5-6-15-38-26(29)36)33-14-13-28(30,25(33)35)22-7-9-23(10-8-22)39-18-21-16-19(2)31-20(3)17-21/h4,7-10,16-17,37H,1,5-6,11-15,18,30H2,2-3H3,(H2,29,36)(H,32,34). The van der Waals surface area contributed by atoms with Crippen molar-refractivity contribution in [3.05, 3.63) is 71.6 Å². The number of amides is 3. The molecule has 210 valence electrons. The van der Waals surface area contributed by atoms with Gasteiger partial charge in [0.15, 0.2) is 0 Å². The average molecular weight is 540 g/mol. The van der Waals surface area contributed by atoms with Gasteiger partial charge in [-0.05, 0) is 81.3 Å². The molecule has 1 aliphatic rings. The number of benzene rings is 1. The van der Waals surface area contributed by atoms with Crippen LogP contribution in [0.4, 0.5) is 4.79 Å². The highest BCUT2D eigenvalue weighted by Crippen LogP contribution is 2.39. The van der Waals surface area contributed by atoms with E-state index in [2.05, 4.69) is 11.6 Å². The molecular formula is C28H37N5O6. The molecule has 11 heteroatoms. The van der Waals surface area contributed by atoms with Gasteiger partial charge in [-0.15, -0.1) is 6.58 Å². The predicted octanol–water partition coefficient (Wildman–Crippen LogP) is 2.75. The molecule has 6 N–H and O–H groups in total. The summed E-state index contributed by atoms with van der Waals surface area (Å²) in [6, 6.07) is 11.0. The maximum absolute atomic E-state index is 13.8. The second kappa shape index (κ2) is 12.7. The predicted molar refractivity (Wildman–Crippen MR) is 144 cm³/mol. The summed E-state index contributed by atoms with van der Waals surface area (Å²) in [4.78, 5) is 43.4. The van der Waals surface area contributed by atoms with E-state index in [1.54, 1.807) is 29.7 Å². The fraction of sp³-hybridized carbons (Fsp3) is 0.429. The summed E-state index contributed by atoms with van der Waals surface area (Å²) >= 11 is 0. The van der Waals surface area contributed by atoms with Gasteiger partial charge in [0, 0.05) is 17.9 Å². The van der Waals surface area contributed by atoms with Crippen molar-refractivity contribution in [3.8, 4) is 5.75 Å². The minimum absolute atomic E-state index is 0.0732. The molecule has 1 aromatic heterocycles. The van der Waals surface area contributed by atoms with E-state index in [4.69, 9.17) is 20.9 Å². The highest BCUT2D eigenvalue weighted by Gasteiger charge is 2.54. The van der Waals surface area contributed by atoms with Crippen molar-refractivity contribution in [2.24, 2.45) is 11.5 Å². The number of hydrogen-bond acceptors (Lipinski definition) is 8. The molecule has 1 aromatic carbocycles. The molecule has 0 saturated carbocycles. The molecule has 2 atom stereocenters. The summed E-state index contributed by atoms with van der Waals surface area (Å²) < 4.78 is 10.7. The van der Waals surface area contributed by atoms with Crippen molar-refractivity contribution in [2.45, 2.75) is 63.6 Å². The van der Waals surface area contributed by atoms with Crippen LogP contribution in [-0.2, 0) is 26.5 Å². The first-order valence-electron chi connectivity index (χ1n) is 12.8. The number of ether oxygens (including phenoxy) is 2. The third-order valence-corrected chi connectivity index (χ3v) is 7.02. The maximum atomic E-state index is 13.8. The van der Waals surface area contributed by atoms with E-state index in [1.807, 2.05) is 26.0 Å². The molecule has 11 nitrogen and oxygen atoms in total. The second-order valence-electron chi connectivity index (χ2n) is 9.84. The van der Waals surface area contributed by atoms with Gasteiger partial charge >= 0.3 is 6.09 Å². The lowest BCUT2D eigenvalue weighted by atomic mass is 9.85. The average Bonchev–Trinajstić information content (AvgIpc) is 3.21. The smallest absolute Gasteiger partial charge is 0.404 e. The Kier molecular flexibility index (Phi) is 9.66. The number of hydroxylamine groups is 1. The van der Waals surface area contributed by atoms with Gasteiger partial charge in [0.05, 0.1) is 6.61 Å². The molecule has 39 heavy (non-hydrogen) atoms. The van der Waals surface area contributed by atoms with Gasteiger partial charge in [0.1, 0.15) is 23.4 Å². The number of unbranched alkanes of at least 4 members (excludes halogenated alkanes) is 1. The zero-order chi connectivity index (χ0) is 28.6. The number of pyridine rings is 1. The zero-order valence-corrected chi connectivity index (χ0v) is 22.4. The molecule has 3 rings (SSSR count). The van der Waals surface area contributed by atoms with E-state index in [0.717, 1.165) is 17.0 Å². The van der Waals surface area contributed by atoms with Crippen LogP contribution in [0.2, 0.25) is 0 Å². The summed E-state index contributed by atoms with van der Waals surface area (Å²) in [5, 5.41) is 9.55. The van der Waals surface area contributed by atoms with Gasteiger partial charge in [-0.25, -0.2) is 10.3 Å². The fourth-order valence-electron chi connectivity index (χ4n) is 5.14. The van der Waals surface area contributed by atoms with Crippen LogP contribution in [-0.4, -0.2) is 51.7 Å². The Bertz CT molecular complexity index is 1180. The SMILES string of the molecule is C=CCC(CCCCOC(N)=O)(C(=O)NO)N1CCC(N)(c2ccc(OCc3cc(C)nc(C)c3)cc2)C1=O. The normalized spacial score (nSPS) is 18.4. The summed E-state index contributed by atoms with van der Waals surface area (Å²) in [5.74, 6) is -0.547. The lowest BCUT2D eigenvalue weighted by Gasteiger charge is -2.40. The van der Waals surface area contributed by atoms with Gasteiger partial charge in [-0.3, -0.25) is 19.8 Å². The molecule has 2 aromatic rings. The van der Waals surface area contributed by atoms with E-state index >= 15 is 0 Å². The Morgan fingerprint density at radius 2 is 1.90 bits per heavy atom. The number of aryl methyl sites for hydroxylation is 2. The van der Waals surface area contributed by atoms with Crippen molar-refractivity contribution in [1.82, 2.24) is 15.4 Å². The molecule has 2 unspecified atom stereocenters. The third kappa shape index (κ3) is 6.73. The summed E-state index contributed by atoms with van der Waals surface area (Å²) in [5.41, 5.74) is 14.0. The number of rotatable bonds is 13. The maximum Gasteiger partial charge on any atom is 0.404 e. The van der Waals surface area contributed by atoms with Crippen molar-refractivity contribution in [2.75, 3.05) is 13.2 Å². The van der Waals surface area contributed by atoms with Crippen LogP contribution in [0.1, 0.15) is 54.6 Å². The lowest BCUT2D eigenvalue weighted by Crippen LogP contribution is -2.61. The first-order valence-corrected chi connectivity index (χ1v) is 12.8. The van der Waals surface area contributed by atoms with Gasteiger partial charge in [-0.2, -0.15) is 0 Å². The number of nitrogens with two attached hydrogens (primary N) is 2. The van der Waals surface area contributed by atoms with Crippen molar-refractivity contribution >= 4 is 17.9 Å². The number of likely N-dealkylation sites (tertiary alicyclic amines) is 1. The molecule has 1 aliphatic heterocycles. The molecule has 0 aliphatic carbocycles. The molecule has 3 amide bonds. The van der Waals surface area contributed by atoms with E-state index in [9.17, 15) is 19.6 Å². The zero-order valence-electron chi connectivity index (χ0n) is 22.4. The number of carbonyl (C=O) groups is 3. The Morgan fingerprint density at radius 1 is 1.23 bits per heavy atom. The molecule has 1 fully saturated rings. The minimum atomic E-state index is -1.41. The van der Waals surface area contributed by atoms with Crippen LogP contribution in [0.5, 0.6) is 5.75 Å². The molecule has 0 spiro atoms. The highest BCUT2D eigenvalue weighted by atomic mass is 16.5. The largest absolute Gasteiger partial charge is 0.489 e. The first-order chi connectivity index (χ1) is 18.6. The summed E-state index contributed by atoms with van der Waals surface area (Å²) in [7, 11) is 0. The second-order valence-corrected chi connectivity index (χ2v) is 9.84. The van der Waals surface area contributed by atoms with E-state index in [-0.39, 0.29) is 32.4 Å². The van der Waals surface area contributed by atoms with E-state index in [0.29, 0.717) is 30.8 Å². The highest BCUT2D eigenvalue weighted by molar-refractivity contribution is 5.96. The van der Waals surface area contributed by atoms with Crippen LogP contribution < -0.4 is 21.7 Å². The molecule has 2 heterocycles. The monoisotopic (exact) mass is 539 g/mol. The quantitative estimate of drug-likeness (QED) is 0.130. The minimum Gasteiger partial charge on any atom is -0.489 e. The van der Waals surface area contributed by atoms with Crippen LogP contribution in [0, 0.1) is 13.8 Å². The number of carbonyl (C=O) groups excluding carboxylic acids is 3. The number of aromatic nitrogens is 1. The van der Waals surface area contributed by atoms with Gasteiger partial charge in [0.25, 0.3) is 5.91 Å². The van der Waals surface area contributed by atoms with Crippen molar-refractivity contribution in [1.29, 1.82) is 0 Å². The number of primary amides is 1. The summed E-state index contributed by atoms with van der Waals surface area (Å²) in [6.07, 6.45) is 2.02. The van der Waals surface area contributed by atoms with Gasteiger partial charge < -0.3 is 25.8 Å². The van der Waals surface area contributed by atoms with Crippen LogP contribution in [0.3, 0.4) is 0 Å². The van der Waals surface area contributed by atoms with Gasteiger partial charge in [0.2, 0.25) is 5.91 Å². The third-order valence-electron chi connectivity index (χ3n) is 7.02. The van der Waals surface area contributed by atoms with E-state index in [1.165, 1.54) is 11.0 Å². The van der Waals surface area contributed by atoms with Crippen molar-refractivity contribution in [3.63, 3.8) is 0 Å². The van der Waals surface area contributed by atoms with Crippen LogP contribution >= 0.6 is 0 Å². The fourth-order valence-corrected chi connectivity index (χ4v) is 5.14. The van der Waals surface area contributed by atoms with Crippen molar-refractivity contribution < 1.29 is 29.1 Å². The van der Waals surface area contributed by atoms with Gasteiger partial charge in [-0.1, -0.05) is 18.2 Å². The molecule has 0 radical (unpaired) electrons. The number of hydrogen-bond donors (Lipinski definition) is 4. The van der Waals surface area contributed by atoms with E-state index < -0.39 is 29.0 Å². The van der Waals surface area contributed by atoms with Crippen LogP contribution in [0.25, 0.3) is 0 Å². The Balaban J connectivity index is 1.76. The molecule has 0 bridgehead atoms. The lowest BCUT2D eigenvalue weighted by molar-refractivity contribution is -0.152. The number of nitrogens with zero attached hydrogens (tertiary/aromatic N) is 2. The summed E-state index contributed by atoms with van der Waals surface area (Å²) in [6.45, 7) is 8.25. The number of nitrogens with one attached hydrogen (secondary N) is 1. The Labute approximate surface area is 228 Å². The first kappa shape index (κ1) is 29.6. The Morgan fingerprint density at radius 3 is 2.49 bits per heavy atom.